The first-order valence-corrected chi connectivity index (χ1v) is 6.51. The molecule has 1 amide bonds. The molecule has 18 heavy (non-hydrogen) atoms. The fraction of sp³-hybridized carbons (Fsp3) is 0.500. The molecule has 98 valence electrons. The second-order valence-electron chi connectivity index (χ2n) is 4.91. The van der Waals surface area contributed by atoms with E-state index in [1.54, 1.807) is 24.3 Å². The third-order valence-corrected chi connectivity index (χ3v) is 3.47. The number of nitrogens with one attached hydrogen (secondary N) is 1. The molecule has 1 aliphatic rings. The first-order chi connectivity index (χ1) is 8.66. The minimum Gasteiger partial charge on any atom is -0.399 e. The molecule has 2 atom stereocenters. The predicted molar refractivity (Wildman–Crippen MR) is 71.2 cm³/mol. The van der Waals surface area contributed by atoms with Gasteiger partial charge in [-0.2, -0.15) is 0 Å². The summed E-state index contributed by atoms with van der Waals surface area (Å²) in [4.78, 5) is 12.0. The number of hydrogen-bond donors (Lipinski definition) is 3. The van der Waals surface area contributed by atoms with E-state index < -0.39 is 6.10 Å². The van der Waals surface area contributed by atoms with Crippen LogP contribution in [0.15, 0.2) is 24.3 Å². The first-order valence-electron chi connectivity index (χ1n) is 6.51. The number of rotatable bonds is 2. The fourth-order valence-electron chi connectivity index (χ4n) is 2.34. The Bertz CT molecular complexity index is 403. The Kier molecular flexibility index (Phi) is 4.20. The molecule has 0 radical (unpaired) electrons. The number of nitrogen functional groups attached to an aromatic ring is 1. The van der Waals surface area contributed by atoms with Crippen molar-refractivity contribution in [1.29, 1.82) is 0 Å². The van der Waals surface area contributed by atoms with E-state index in [-0.39, 0.29) is 11.9 Å². The normalized spacial score (nSPS) is 24.3. The van der Waals surface area contributed by atoms with Crippen LogP contribution < -0.4 is 11.1 Å². The van der Waals surface area contributed by atoms with Gasteiger partial charge in [-0.15, -0.1) is 0 Å². The van der Waals surface area contributed by atoms with Crippen molar-refractivity contribution in [2.75, 3.05) is 5.73 Å². The summed E-state index contributed by atoms with van der Waals surface area (Å²) in [5.41, 5.74) is 6.81. The van der Waals surface area contributed by atoms with E-state index in [9.17, 15) is 9.90 Å². The van der Waals surface area contributed by atoms with Crippen LogP contribution in [0.2, 0.25) is 0 Å². The van der Waals surface area contributed by atoms with Gasteiger partial charge in [-0.05, 0) is 37.1 Å². The van der Waals surface area contributed by atoms with E-state index in [2.05, 4.69) is 5.32 Å². The SMILES string of the molecule is Nc1ccc(C(=O)NC2CCCCCC2O)cc1. The predicted octanol–water partition coefficient (Wildman–Crippen LogP) is 1.69. The van der Waals surface area contributed by atoms with Gasteiger partial charge in [0.05, 0.1) is 12.1 Å². The number of hydrogen-bond acceptors (Lipinski definition) is 3. The van der Waals surface area contributed by atoms with Gasteiger partial charge in [-0.1, -0.05) is 19.3 Å². The summed E-state index contributed by atoms with van der Waals surface area (Å²) in [6.07, 6.45) is 4.42. The number of benzene rings is 1. The van der Waals surface area contributed by atoms with Crippen LogP contribution >= 0.6 is 0 Å². The van der Waals surface area contributed by atoms with E-state index in [0.29, 0.717) is 11.3 Å². The fourth-order valence-corrected chi connectivity index (χ4v) is 2.34. The number of carbonyl (C=O) groups is 1. The Labute approximate surface area is 107 Å². The maximum Gasteiger partial charge on any atom is 0.251 e. The van der Waals surface area contributed by atoms with Gasteiger partial charge in [0.2, 0.25) is 0 Å². The molecule has 2 rings (SSSR count). The Hall–Kier alpha value is -1.55. The van der Waals surface area contributed by atoms with Crippen LogP contribution in [-0.2, 0) is 0 Å². The number of amides is 1. The van der Waals surface area contributed by atoms with Crippen molar-refractivity contribution in [2.45, 2.75) is 44.2 Å². The van der Waals surface area contributed by atoms with Crippen LogP contribution in [0.1, 0.15) is 42.5 Å². The molecule has 0 aliphatic heterocycles. The number of carbonyl (C=O) groups excluding carboxylic acids is 1. The quantitative estimate of drug-likeness (QED) is 0.550. The highest BCUT2D eigenvalue weighted by Gasteiger charge is 2.23. The molecule has 0 spiro atoms. The number of aliphatic hydroxyl groups excluding tert-OH is 1. The van der Waals surface area contributed by atoms with Crippen molar-refractivity contribution in [3.8, 4) is 0 Å². The van der Waals surface area contributed by atoms with Crippen molar-refractivity contribution < 1.29 is 9.90 Å². The zero-order chi connectivity index (χ0) is 13.0. The smallest absolute Gasteiger partial charge is 0.251 e. The van der Waals surface area contributed by atoms with Crippen molar-refractivity contribution in [3.05, 3.63) is 29.8 Å². The summed E-state index contributed by atoms with van der Waals surface area (Å²) >= 11 is 0. The first kappa shape index (κ1) is 12.9. The van der Waals surface area contributed by atoms with Crippen LogP contribution in [0.25, 0.3) is 0 Å². The molecule has 1 aliphatic carbocycles. The molecule has 1 fully saturated rings. The lowest BCUT2D eigenvalue weighted by atomic mass is 10.1. The maximum atomic E-state index is 12.0. The standard InChI is InChI=1S/C14H20N2O2/c15-11-8-6-10(7-9-11)14(18)16-12-4-2-1-3-5-13(12)17/h6-9,12-13,17H,1-5,15H2,(H,16,18). The van der Waals surface area contributed by atoms with Crippen molar-refractivity contribution in [3.63, 3.8) is 0 Å². The topological polar surface area (TPSA) is 75.4 Å². The van der Waals surface area contributed by atoms with Gasteiger partial charge >= 0.3 is 0 Å². The summed E-state index contributed by atoms with van der Waals surface area (Å²) in [5, 5.41) is 12.9. The molecule has 0 saturated heterocycles. The lowest BCUT2D eigenvalue weighted by Crippen LogP contribution is -2.42. The zero-order valence-electron chi connectivity index (χ0n) is 10.4. The molecule has 4 heteroatoms. The largest absolute Gasteiger partial charge is 0.399 e. The molecule has 1 aromatic carbocycles. The third kappa shape index (κ3) is 3.23. The molecule has 0 aromatic heterocycles. The van der Waals surface area contributed by atoms with Gasteiger partial charge in [0.15, 0.2) is 0 Å². The van der Waals surface area contributed by atoms with Crippen LogP contribution in [0.3, 0.4) is 0 Å². The van der Waals surface area contributed by atoms with Crippen LogP contribution in [-0.4, -0.2) is 23.2 Å². The van der Waals surface area contributed by atoms with E-state index in [0.717, 1.165) is 32.1 Å². The summed E-state index contributed by atoms with van der Waals surface area (Å²) in [6, 6.07) is 6.69. The van der Waals surface area contributed by atoms with E-state index >= 15 is 0 Å². The Morgan fingerprint density at radius 1 is 1.17 bits per heavy atom. The van der Waals surface area contributed by atoms with Crippen molar-refractivity contribution >= 4 is 11.6 Å². The monoisotopic (exact) mass is 248 g/mol. The minimum absolute atomic E-state index is 0.127. The average Bonchev–Trinajstić information content (AvgIpc) is 2.56. The second kappa shape index (κ2) is 5.87. The summed E-state index contributed by atoms with van der Waals surface area (Å²) in [7, 11) is 0. The lowest BCUT2D eigenvalue weighted by Gasteiger charge is -2.21. The average molecular weight is 248 g/mol. The van der Waals surface area contributed by atoms with Gasteiger partial charge in [0, 0.05) is 11.3 Å². The van der Waals surface area contributed by atoms with Gasteiger partial charge in [-0.25, -0.2) is 0 Å². The number of nitrogens with two attached hydrogens (primary N) is 1. The van der Waals surface area contributed by atoms with Gasteiger partial charge < -0.3 is 16.2 Å². The summed E-state index contributed by atoms with van der Waals surface area (Å²) in [6.45, 7) is 0. The molecule has 1 saturated carbocycles. The molecule has 0 bridgehead atoms. The molecule has 4 N–H and O–H groups in total. The molecule has 0 heterocycles. The van der Waals surface area contributed by atoms with Crippen LogP contribution in [0.4, 0.5) is 5.69 Å². The lowest BCUT2D eigenvalue weighted by molar-refractivity contribution is 0.0819. The van der Waals surface area contributed by atoms with Crippen molar-refractivity contribution in [2.24, 2.45) is 0 Å². The molecule has 1 aromatic rings. The molecular weight excluding hydrogens is 228 g/mol. The van der Waals surface area contributed by atoms with E-state index in [1.807, 2.05) is 0 Å². The van der Waals surface area contributed by atoms with Gasteiger partial charge in [0.1, 0.15) is 0 Å². The van der Waals surface area contributed by atoms with Crippen molar-refractivity contribution in [1.82, 2.24) is 5.32 Å². The Morgan fingerprint density at radius 3 is 2.56 bits per heavy atom. The molecular formula is C14H20N2O2. The molecule has 4 nitrogen and oxygen atoms in total. The highest BCUT2D eigenvalue weighted by molar-refractivity contribution is 5.94. The highest BCUT2D eigenvalue weighted by Crippen LogP contribution is 2.18. The van der Waals surface area contributed by atoms with E-state index in [4.69, 9.17) is 5.73 Å². The Balaban J connectivity index is 1.99. The third-order valence-electron chi connectivity index (χ3n) is 3.47. The van der Waals surface area contributed by atoms with Crippen LogP contribution in [0, 0.1) is 0 Å². The van der Waals surface area contributed by atoms with Gasteiger partial charge in [-0.3, -0.25) is 4.79 Å². The summed E-state index contributed by atoms with van der Waals surface area (Å²) in [5.74, 6) is -0.138. The maximum absolute atomic E-state index is 12.0. The minimum atomic E-state index is -0.426. The molecule has 2 unspecified atom stereocenters. The van der Waals surface area contributed by atoms with Crippen LogP contribution in [0.5, 0.6) is 0 Å². The summed E-state index contributed by atoms with van der Waals surface area (Å²) < 4.78 is 0. The van der Waals surface area contributed by atoms with E-state index in [1.165, 1.54) is 0 Å². The second-order valence-corrected chi connectivity index (χ2v) is 4.91. The highest BCUT2D eigenvalue weighted by atomic mass is 16.3. The Morgan fingerprint density at radius 2 is 1.83 bits per heavy atom. The number of anilines is 1. The van der Waals surface area contributed by atoms with Gasteiger partial charge in [0.25, 0.3) is 5.91 Å². The zero-order valence-corrected chi connectivity index (χ0v) is 10.4. The number of aliphatic hydroxyl groups is 1.